The summed E-state index contributed by atoms with van der Waals surface area (Å²) in [5, 5.41) is 5.06. The molecule has 0 saturated carbocycles. The summed E-state index contributed by atoms with van der Waals surface area (Å²) in [4.78, 5) is 12.4. The van der Waals surface area contributed by atoms with E-state index in [1.54, 1.807) is 13.2 Å². The average Bonchev–Trinajstić information content (AvgIpc) is 2.73. The predicted octanol–water partition coefficient (Wildman–Crippen LogP) is 5.93. The maximum Gasteiger partial charge on any atom is 0.248 e. The number of ether oxygens (including phenoxy) is 2. The normalized spacial score (nSPS) is 11.2. The molecule has 4 nitrogen and oxygen atoms in total. The first kappa shape index (κ1) is 20.5. The van der Waals surface area contributed by atoms with Crippen LogP contribution in [0, 0.1) is 5.92 Å². The van der Waals surface area contributed by atoms with Gasteiger partial charge in [0.15, 0.2) is 11.5 Å². The van der Waals surface area contributed by atoms with Crippen LogP contribution < -0.4 is 14.8 Å². The summed E-state index contributed by atoms with van der Waals surface area (Å²) in [6.45, 7) is 4.98. The summed E-state index contributed by atoms with van der Waals surface area (Å²) in [6.07, 6.45) is 4.27. The van der Waals surface area contributed by atoms with Gasteiger partial charge < -0.3 is 14.8 Å². The first-order valence-electron chi connectivity index (χ1n) is 9.84. The molecule has 0 bridgehead atoms. The number of rotatable bonds is 8. The summed E-state index contributed by atoms with van der Waals surface area (Å²) in [5.41, 5.74) is 1.66. The minimum atomic E-state index is -0.183. The van der Waals surface area contributed by atoms with E-state index in [9.17, 15) is 4.79 Å². The molecule has 0 fully saturated rings. The lowest BCUT2D eigenvalue weighted by Crippen LogP contribution is -2.08. The van der Waals surface area contributed by atoms with Crippen molar-refractivity contribution in [3.8, 4) is 11.5 Å². The van der Waals surface area contributed by atoms with E-state index in [-0.39, 0.29) is 5.91 Å². The Labute approximate surface area is 172 Å². The zero-order chi connectivity index (χ0) is 20.6. The largest absolute Gasteiger partial charge is 0.493 e. The molecule has 0 aliphatic rings. The van der Waals surface area contributed by atoms with Crippen LogP contribution in [-0.2, 0) is 4.79 Å². The van der Waals surface area contributed by atoms with E-state index in [0.29, 0.717) is 24.0 Å². The van der Waals surface area contributed by atoms with Gasteiger partial charge in [0.2, 0.25) is 5.91 Å². The van der Waals surface area contributed by atoms with Crippen molar-refractivity contribution in [3.05, 3.63) is 72.3 Å². The summed E-state index contributed by atoms with van der Waals surface area (Å²) in [7, 11) is 1.62. The van der Waals surface area contributed by atoms with Crippen LogP contribution >= 0.6 is 0 Å². The molecule has 4 heteroatoms. The van der Waals surface area contributed by atoms with Crippen molar-refractivity contribution >= 4 is 28.4 Å². The molecule has 0 unspecified atom stereocenters. The van der Waals surface area contributed by atoms with E-state index < -0.39 is 0 Å². The Morgan fingerprint density at radius 3 is 2.62 bits per heavy atom. The van der Waals surface area contributed by atoms with E-state index in [2.05, 4.69) is 19.2 Å². The number of hydrogen-bond donors (Lipinski definition) is 1. The highest BCUT2D eigenvalue weighted by Gasteiger charge is 2.06. The monoisotopic (exact) mass is 389 g/mol. The smallest absolute Gasteiger partial charge is 0.248 e. The molecule has 0 radical (unpaired) electrons. The highest BCUT2D eigenvalue weighted by Crippen LogP contribution is 2.29. The van der Waals surface area contributed by atoms with Crippen molar-refractivity contribution in [1.82, 2.24) is 0 Å². The summed E-state index contributed by atoms with van der Waals surface area (Å²) >= 11 is 0. The highest BCUT2D eigenvalue weighted by atomic mass is 16.5. The number of amides is 1. The predicted molar refractivity (Wildman–Crippen MR) is 120 cm³/mol. The van der Waals surface area contributed by atoms with Crippen molar-refractivity contribution in [2.75, 3.05) is 19.0 Å². The van der Waals surface area contributed by atoms with E-state index >= 15 is 0 Å². The van der Waals surface area contributed by atoms with Gasteiger partial charge in [-0.1, -0.05) is 56.3 Å². The molecule has 0 aromatic heterocycles. The standard InChI is InChI=1S/C25H27NO3/c1-18(2)15-16-29-23-13-11-19(17-24(23)28-3)12-14-25(27)26-22-10-6-8-20-7-4-5-9-21(20)22/h4-14,17-18H,15-16H2,1-3H3,(H,26,27)/b14-12+. The molecule has 3 aromatic rings. The fourth-order valence-electron chi connectivity index (χ4n) is 2.99. The Kier molecular flexibility index (Phi) is 6.90. The lowest BCUT2D eigenvalue weighted by molar-refractivity contribution is -0.111. The Morgan fingerprint density at radius 1 is 1.03 bits per heavy atom. The minimum Gasteiger partial charge on any atom is -0.493 e. The van der Waals surface area contributed by atoms with Gasteiger partial charge in [0.1, 0.15) is 0 Å². The number of benzene rings is 3. The number of carbonyl (C=O) groups excluding carboxylic acids is 1. The third-order valence-electron chi connectivity index (χ3n) is 4.62. The zero-order valence-electron chi connectivity index (χ0n) is 17.1. The van der Waals surface area contributed by atoms with Crippen LogP contribution in [0.25, 0.3) is 16.8 Å². The first-order valence-corrected chi connectivity index (χ1v) is 9.84. The van der Waals surface area contributed by atoms with Gasteiger partial charge in [0.25, 0.3) is 0 Å². The minimum absolute atomic E-state index is 0.183. The number of hydrogen-bond acceptors (Lipinski definition) is 3. The molecule has 0 atom stereocenters. The molecule has 0 aliphatic carbocycles. The molecule has 0 saturated heterocycles. The van der Waals surface area contributed by atoms with E-state index in [1.165, 1.54) is 6.08 Å². The van der Waals surface area contributed by atoms with E-state index in [0.717, 1.165) is 28.4 Å². The van der Waals surface area contributed by atoms with E-state index in [1.807, 2.05) is 60.7 Å². The molecule has 1 N–H and O–H groups in total. The van der Waals surface area contributed by atoms with Crippen LogP contribution in [0.4, 0.5) is 5.69 Å². The second-order valence-corrected chi connectivity index (χ2v) is 7.29. The van der Waals surface area contributed by atoms with E-state index in [4.69, 9.17) is 9.47 Å². The molecular weight excluding hydrogens is 362 g/mol. The number of anilines is 1. The van der Waals surface area contributed by atoms with Crippen molar-refractivity contribution in [2.45, 2.75) is 20.3 Å². The Morgan fingerprint density at radius 2 is 1.83 bits per heavy atom. The van der Waals surface area contributed by atoms with Crippen molar-refractivity contribution in [1.29, 1.82) is 0 Å². The first-order chi connectivity index (χ1) is 14.1. The molecule has 150 valence electrons. The lowest BCUT2D eigenvalue weighted by Gasteiger charge is -2.12. The van der Waals surface area contributed by atoms with Crippen LogP contribution in [-0.4, -0.2) is 19.6 Å². The van der Waals surface area contributed by atoms with Crippen molar-refractivity contribution in [3.63, 3.8) is 0 Å². The highest BCUT2D eigenvalue weighted by molar-refractivity contribution is 6.07. The number of methoxy groups -OCH3 is 1. The topological polar surface area (TPSA) is 47.6 Å². The van der Waals surface area contributed by atoms with Crippen LogP contribution in [0.1, 0.15) is 25.8 Å². The summed E-state index contributed by atoms with van der Waals surface area (Å²) in [5.74, 6) is 1.77. The molecule has 3 rings (SSSR count). The van der Waals surface area contributed by atoms with Crippen LogP contribution in [0.2, 0.25) is 0 Å². The Bertz CT molecular complexity index is 1000. The fourth-order valence-corrected chi connectivity index (χ4v) is 2.99. The third-order valence-corrected chi connectivity index (χ3v) is 4.62. The summed E-state index contributed by atoms with van der Waals surface area (Å²) < 4.78 is 11.2. The van der Waals surface area contributed by atoms with Gasteiger partial charge in [0, 0.05) is 17.1 Å². The van der Waals surface area contributed by atoms with Gasteiger partial charge in [-0.15, -0.1) is 0 Å². The van der Waals surface area contributed by atoms with Gasteiger partial charge >= 0.3 is 0 Å². The number of carbonyl (C=O) groups is 1. The van der Waals surface area contributed by atoms with Gasteiger partial charge in [-0.25, -0.2) is 0 Å². The van der Waals surface area contributed by atoms with Crippen LogP contribution in [0.5, 0.6) is 11.5 Å². The maximum atomic E-state index is 12.4. The average molecular weight is 389 g/mol. The third kappa shape index (κ3) is 5.61. The lowest BCUT2D eigenvalue weighted by atomic mass is 10.1. The Hall–Kier alpha value is -3.27. The molecule has 0 heterocycles. The summed E-state index contributed by atoms with van der Waals surface area (Å²) in [6, 6.07) is 19.5. The zero-order valence-corrected chi connectivity index (χ0v) is 17.1. The second kappa shape index (κ2) is 9.78. The molecular formula is C25H27NO3. The Balaban J connectivity index is 1.68. The van der Waals surface area contributed by atoms with Gasteiger partial charge in [-0.05, 0) is 47.6 Å². The molecule has 0 aliphatic heterocycles. The molecule has 3 aromatic carbocycles. The molecule has 29 heavy (non-hydrogen) atoms. The SMILES string of the molecule is COc1cc(/C=C/C(=O)Nc2cccc3ccccc23)ccc1OCCC(C)C. The van der Waals surface area contributed by atoms with Crippen molar-refractivity contribution < 1.29 is 14.3 Å². The van der Waals surface area contributed by atoms with Gasteiger partial charge in [-0.3, -0.25) is 4.79 Å². The fraction of sp³-hybridized carbons (Fsp3) is 0.240. The van der Waals surface area contributed by atoms with Crippen LogP contribution in [0.15, 0.2) is 66.7 Å². The number of nitrogens with one attached hydrogen (secondary N) is 1. The molecule has 0 spiro atoms. The quantitative estimate of drug-likeness (QED) is 0.486. The molecule has 1 amide bonds. The van der Waals surface area contributed by atoms with Gasteiger partial charge in [-0.2, -0.15) is 0 Å². The van der Waals surface area contributed by atoms with Gasteiger partial charge in [0.05, 0.1) is 13.7 Å². The van der Waals surface area contributed by atoms with Crippen molar-refractivity contribution in [2.24, 2.45) is 5.92 Å². The second-order valence-electron chi connectivity index (χ2n) is 7.29. The maximum absolute atomic E-state index is 12.4. The van der Waals surface area contributed by atoms with Crippen LogP contribution in [0.3, 0.4) is 0 Å². The number of fused-ring (bicyclic) bond motifs is 1.